The van der Waals surface area contributed by atoms with E-state index in [1.165, 1.54) is 12.1 Å². The van der Waals surface area contributed by atoms with Gasteiger partial charge in [0.2, 0.25) is 0 Å². The first-order valence-electron chi connectivity index (χ1n) is 5.38. The minimum absolute atomic E-state index is 0.314. The lowest BCUT2D eigenvalue weighted by atomic mass is 9.70. The molecular formula is C12H13F4N. The van der Waals surface area contributed by atoms with Gasteiger partial charge in [0.25, 0.3) is 0 Å². The van der Waals surface area contributed by atoms with E-state index in [1.54, 1.807) is 7.05 Å². The predicted octanol–water partition coefficient (Wildman–Crippen LogP) is 3.25. The molecule has 1 N–H and O–H groups in total. The first-order valence-corrected chi connectivity index (χ1v) is 5.38. The third-order valence-electron chi connectivity index (χ3n) is 3.38. The van der Waals surface area contributed by atoms with Gasteiger partial charge in [-0.1, -0.05) is 12.1 Å². The molecule has 0 bridgehead atoms. The van der Waals surface area contributed by atoms with Crippen LogP contribution in [0.4, 0.5) is 17.6 Å². The zero-order valence-electron chi connectivity index (χ0n) is 9.31. The molecule has 0 amide bonds. The van der Waals surface area contributed by atoms with Crippen molar-refractivity contribution >= 4 is 0 Å². The van der Waals surface area contributed by atoms with E-state index in [2.05, 4.69) is 5.32 Å². The number of rotatable bonds is 2. The minimum atomic E-state index is -4.33. The van der Waals surface area contributed by atoms with E-state index in [0.717, 1.165) is 12.1 Å². The summed E-state index contributed by atoms with van der Waals surface area (Å²) >= 11 is 0. The van der Waals surface area contributed by atoms with Crippen molar-refractivity contribution in [2.45, 2.75) is 30.7 Å². The molecule has 1 saturated carbocycles. The van der Waals surface area contributed by atoms with Crippen LogP contribution < -0.4 is 5.32 Å². The maximum Gasteiger partial charge on any atom is 0.416 e. The molecule has 0 spiro atoms. The second-order valence-corrected chi connectivity index (χ2v) is 4.41. The summed E-state index contributed by atoms with van der Waals surface area (Å²) in [5.74, 6) is 0. The van der Waals surface area contributed by atoms with E-state index in [0.29, 0.717) is 18.4 Å². The Kier molecular flexibility index (Phi) is 2.89. The van der Waals surface area contributed by atoms with Gasteiger partial charge < -0.3 is 5.32 Å². The van der Waals surface area contributed by atoms with Gasteiger partial charge in [0.15, 0.2) is 0 Å². The van der Waals surface area contributed by atoms with Crippen LogP contribution in [-0.4, -0.2) is 13.2 Å². The Balaban J connectivity index is 2.24. The Morgan fingerprint density at radius 3 is 2.06 bits per heavy atom. The molecule has 0 heterocycles. The summed E-state index contributed by atoms with van der Waals surface area (Å²) in [6.45, 7) is 0. The van der Waals surface area contributed by atoms with Crippen molar-refractivity contribution in [2.75, 3.05) is 7.05 Å². The Morgan fingerprint density at radius 2 is 1.71 bits per heavy atom. The summed E-state index contributed by atoms with van der Waals surface area (Å²) in [6, 6.07) is 4.93. The molecule has 1 fully saturated rings. The van der Waals surface area contributed by atoms with Gasteiger partial charge in [-0.25, -0.2) is 4.39 Å². The highest BCUT2D eigenvalue weighted by Gasteiger charge is 2.45. The molecule has 1 nitrogen and oxygen atoms in total. The smallest absolute Gasteiger partial charge is 0.310 e. The van der Waals surface area contributed by atoms with Gasteiger partial charge in [0, 0.05) is 18.4 Å². The topological polar surface area (TPSA) is 12.0 Å². The number of halogens is 4. The van der Waals surface area contributed by atoms with Gasteiger partial charge in [-0.2, -0.15) is 13.2 Å². The summed E-state index contributed by atoms with van der Waals surface area (Å²) in [6.07, 6.45) is -4.57. The standard InChI is InChI=1S/C12H13F4N/c1-17-11(6-10(13)7-11)8-2-4-9(5-3-8)12(14,15)16/h2-5,10,17H,6-7H2,1H3. The predicted molar refractivity (Wildman–Crippen MR) is 56.3 cm³/mol. The molecule has 1 aromatic rings. The normalized spacial score (nSPS) is 28.9. The van der Waals surface area contributed by atoms with Gasteiger partial charge in [0.05, 0.1) is 5.56 Å². The molecule has 17 heavy (non-hydrogen) atoms. The second-order valence-electron chi connectivity index (χ2n) is 4.41. The van der Waals surface area contributed by atoms with E-state index < -0.39 is 23.5 Å². The van der Waals surface area contributed by atoms with Crippen LogP contribution >= 0.6 is 0 Å². The summed E-state index contributed by atoms with van der Waals surface area (Å²) in [5, 5.41) is 3.00. The Hall–Kier alpha value is -1.10. The maximum atomic E-state index is 12.9. The molecule has 0 aliphatic heterocycles. The summed E-state index contributed by atoms with van der Waals surface area (Å²) in [4.78, 5) is 0. The molecule has 0 atom stereocenters. The lowest BCUT2D eigenvalue weighted by Crippen LogP contribution is -2.52. The van der Waals surface area contributed by atoms with Crippen molar-refractivity contribution in [3.05, 3.63) is 35.4 Å². The first-order chi connectivity index (χ1) is 7.87. The van der Waals surface area contributed by atoms with E-state index in [1.807, 2.05) is 0 Å². The van der Waals surface area contributed by atoms with Gasteiger partial charge in [-0.05, 0) is 24.7 Å². The second kappa shape index (κ2) is 3.98. The van der Waals surface area contributed by atoms with Gasteiger partial charge >= 0.3 is 6.18 Å². The van der Waals surface area contributed by atoms with Crippen LogP contribution in [0.2, 0.25) is 0 Å². The number of nitrogens with one attached hydrogen (secondary N) is 1. The lowest BCUT2D eigenvalue weighted by molar-refractivity contribution is -0.137. The van der Waals surface area contributed by atoms with Gasteiger partial charge in [0.1, 0.15) is 6.17 Å². The summed E-state index contributed by atoms with van der Waals surface area (Å²) < 4.78 is 50.1. The highest BCUT2D eigenvalue weighted by Crippen LogP contribution is 2.43. The summed E-state index contributed by atoms with van der Waals surface area (Å²) in [5.41, 5.74) is -0.464. The average Bonchev–Trinajstić information content (AvgIpc) is 2.23. The molecule has 0 aromatic heterocycles. The number of benzene rings is 1. The fourth-order valence-electron chi connectivity index (χ4n) is 2.26. The molecular weight excluding hydrogens is 234 g/mol. The molecule has 0 radical (unpaired) electrons. The van der Waals surface area contributed by atoms with E-state index in [4.69, 9.17) is 0 Å². The third-order valence-corrected chi connectivity index (χ3v) is 3.38. The highest BCUT2D eigenvalue weighted by atomic mass is 19.4. The van der Waals surface area contributed by atoms with Crippen molar-refractivity contribution in [1.29, 1.82) is 0 Å². The van der Waals surface area contributed by atoms with E-state index in [9.17, 15) is 17.6 Å². The molecule has 0 unspecified atom stereocenters. The first kappa shape index (κ1) is 12.4. The van der Waals surface area contributed by atoms with Crippen LogP contribution in [-0.2, 0) is 11.7 Å². The van der Waals surface area contributed by atoms with Gasteiger partial charge in [-0.15, -0.1) is 0 Å². The summed E-state index contributed by atoms with van der Waals surface area (Å²) in [7, 11) is 1.70. The Morgan fingerprint density at radius 1 is 1.18 bits per heavy atom. The fraction of sp³-hybridized carbons (Fsp3) is 0.500. The fourth-order valence-corrected chi connectivity index (χ4v) is 2.26. The number of hydrogen-bond acceptors (Lipinski definition) is 1. The molecule has 0 saturated heterocycles. The van der Waals surface area contributed by atoms with Crippen molar-refractivity contribution in [3.8, 4) is 0 Å². The van der Waals surface area contributed by atoms with Crippen molar-refractivity contribution in [2.24, 2.45) is 0 Å². The van der Waals surface area contributed by atoms with E-state index >= 15 is 0 Å². The molecule has 1 aliphatic carbocycles. The van der Waals surface area contributed by atoms with E-state index in [-0.39, 0.29) is 0 Å². The largest absolute Gasteiger partial charge is 0.416 e. The minimum Gasteiger partial charge on any atom is -0.310 e. The number of alkyl halides is 4. The van der Waals surface area contributed by atoms with Crippen molar-refractivity contribution in [3.63, 3.8) is 0 Å². The quantitative estimate of drug-likeness (QED) is 0.791. The highest BCUT2D eigenvalue weighted by molar-refractivity contribution is 5.32. The van der Waals surface area contributed by atoms with Crippen molar-refractivity contribution in [1.82, 2.24) is 5.32 Å². The number of hydrogen-bond donors (Lipinski definition) is 1. The average molecular weight is 247 g/mol. The maximum absolute atomic E-state index is 12.9. The molecule has 2 rings (SSSR count). The SMILES string of the molecule is CNC1(c2ccc(C(F)(F)F)cc2)CC(F)C1. The molecule has 1 aromatic carbocycles. The van der Waals surface area contributed by atoms with Crippen molar-refractivity contribution < 1.29 is 17.6 Å². The van der Waals surface area contributed by atoms with Gasteiger partial charge in [-0.3, -0.25) is 0 Å². The Bertz CT molecular complexity index is 390. The molecule has 5 heteroatoms. The van der Waals surface area contributed by atoms with Crippen LogP contribution in [0.1, 0.15) is 24.0 Å². The zero-order chi connectivity index (χ0) is 12.7. The monoisotopic (exact) mass is 247 g/mol. The van der Waals surface area contributed by atoms with Crippen LogP contribution in [0.5, 0.6) is 0 Å². The third kappa shape index (κ3) is 2.16. The zero-order valence-corrected chi connectivity index (χ0v) is 9.31. The lowest BCUT2D eigenvalue weighted by Gasteiger charge is -2.44. The van der Waals surface area contributed by atoms with Crippen LogP contribution in [0.25, 0.3) is 0 Å². The van der Waals surface area contributed by atoms with Crippen LogP contribution in [0, 0.1) is 0 Å². The molecule has 94 valence electrons. The Labute approximate surface area is 96.8 Å². The van der Waals surface area contributed by atoms with Crippen LogP contribution in [0.15, 0.2) is 24.3 Å². The molecule has 1 aliphatic rings. The van der Waals surface area contributed by atoms with Crippen LogP contribution in [0.3, 0.4) is 0 Å².